The molecule has 0 aliphatic carbocycles. The van der Waals surface area contributed by atoms with Gasteiger partial charge in [-0.1, -0.05) is 103 Å². The van der Waals surface area contributed by atoms with Crippen LogP contribution in [0.4, 0.5) is 0 Å². The lowest BCUT2D eigenvalue weighted by Crippen LogP contribution is -2.02. The van der Waals surface area contributed by atoms with Crippen LogP contribution in [0.15, 0.2) is 133 Å². The minimum atomic E-state index is 0.732. The molecule has 0 radical (unpaired) electrons. The van der Waals surface area contributed by atoms with Gasteiger partial charge in [-0.3, -0.25) is 8.80 Å². The Bertz CT molecular complexity index is 2330. The van der Waals surface area contributed by atoms with Crippen LogP contribution in [0.3, 0.4) is 0 Å². The van der Waals surface area contributed by atoms with Crippen molar-refractivity contribution in [1.29, 1.82) is 0 Å². The van der Waals surface area contributed by atoms with Crippen LogP contribution in [-0.4, -0.2) is 39.2 Å². The summed E-state index contributed by atoms with van der Waals surface area (Å²) >= 11 is 0. The average molecular weight is 567 g/mol. The molecule has 0 amide bonds. The van der Waals surface area contributed by atoms with Gasteiger partial charge in [0.1, 0.15) is 11.6 Å². The number of rotatable bonds is 4. The van der Waals surface area contributed by atoms with Gasteiger partial charge in [0.05, 0.1) is 11.0 Å². The average Bonchev–Trinajstić information content (AvgIpc) is 3.75. The van der Waals surface area contributed by atoms with Crippen molar-refractivity contribution in [3.05, 3.63) is 133 Å². The molecule has 0 bridgehead atoms. The molecule has 9 rings (SSSR count). The molecule has 206 valence electrons. The van der Waals surface area contributed by atoms with Crippen molar-refractivity contribution in [2.75, 3.05) is 0 Å². The second-order valence-corrected chi connectivity index (χ2v) is 10.6. The molecule has 0 aliphatic rings. The van der Waals surface area contributed by atoms with Gasteiger partial charge in [0.25, 0.3) is 0 Å². The van der Waals surface area contributed by atoms with Crippen LogP contribution in [0.1, 0.15) is 0 Å². The van der Waals surface area contributed by atoms with Gasteiger partial charge in [-0.05, 0) is 30.3 Å². The Labute approximate surface area is 251 Å². The van der Waals surface area contributed by atoms with Crippen LogP contribution in [0.25, 0.3) is 78.7 Å². The van der Waals surface area contributed by atoms with Gasteiger partial charge in [0.15, 0.2) is 22.9 Å². The minimum Gasteiger partial charge on any atom is -0.258 e. The molecule has 0 saturated heterocycles. The smallest absolute Gasteiger partial charge is 0.172 e. The van der Waals surface area contributed by atoms with E-state index in [4.69, 9.17) is 9.97 Å². The summed E-state index contributed by atoms with van der Waals surface area (Å²) in [5.74, 6) is 2.95. The first-order valence-corrected chi connectivity index (χ1v) is 14.3. The van der Waals surface area contributed by atoms with Crippen LogP contribution in [0, 0.1) is 0 Å². The molecule has 5 aromatic carbocycles. The molecule has 4 heterocycles. The third kappa shape index (κ3) is 3.71. The van der Waals surface area contributed by atoms with Crippen molar-refractivity contribution in [3.8, 4) is 45.6 Å². The van der Waals surface area contributed by atoms with Crippen LogP contribution in [-0.2, 0) is 0 Å². The van der Waals surface area contributed by atoms with Gasteiger partial charge in [0, 0.05) is 33.0 Å². The molecule has 0 atom stereocenters. The fourth-order valence-electron chi connectivity index (χ4n) is 5.90. The Kier molecular flexibility index (Phi) is 5.33. The monoisotopic (exact) mass is 566 g/mol. The zero-order valence-corrected chi connectivity index (χ0v) is 23.3. The van der Waals surface area contributed by atoms with Crippen LogP contribution < -0.4 is 0 Å². The first-order valence-electron chi connectivity index (χ1n) is 14.3. The largest absolute Gasteiger partial charge is 0.258 e. The number of para-hydroxylation sites is 2. The van der Waals surface area contributed by atoms with E-state index < -0.39 is 0 Å². The number of nitrogens with zero attached hydrogens (tertiary/aromatic N) is 8. The minimum absolute atomic E-state index is 0.732. The maximum atomic E-state index is 5.17. The van der Waals surface area contributed by atoms with Gasteiger partial charge >= 0.3 is 0 Å². The second-order valence-electron chi connectivity index (χ2n) is 10.6. The van der Waals surface area contributed by atoms with E-state index in [0.717, 1.165) is 78.7 Å². The van der Waals surface area contributed by atoms with Crippen molar-refractivity contribution in [2.45, 2.75) is 0 Å². The fourth-order valence-corrected chi connectivity index (χ4v) is 5.90. The quantitative estimate of drug-likeness (QED) is 0.219. The number of hydrogen-bond acceptors (Lipinski definition) is 6. The van der Waals surface area contributed by atoms with E-state index in [1.54, 1.807) is 0 Å². The number of aromatic nitrogens is 8. The molecule has 0 N–H and O–H groups in total. The molecule has 44 heavy (non-hydrogen) atoms. The van der Waals surface area contributed by atoms with E-state index >= 15 is 0 Å². The second kappa shape index (κ2) is 9.64. The first-order chi connectivity index (χ1) is 21.8. The lowest BCUT2D eigenvalue weighted by molar-refractivity contribution is 1.09. The predicted octanol–water partition coefficient (Wildman–Crippen LogP) is 7.54. The number of fused-ring (bicyclic) bond motifs is 6. The molecule has 0 spiro atoms. The summed E-state index contributed by atoms with van der Waals surface area (Å²) in [5, 5.41) is 20.4. The highest BCUT2D eigenvalue weighted by Crippen LogP contribution is 2.33. The van der Waals surface area contributed by atoms with E-state index in [1.165, 1.54) is 0 Å². The Morgan fingerprint density at radius 3 is 1.23 bits per heavy atom. The molecule has 4 aromatic heterocycles. The Balaban J connectivity index is 1.33. The molecule has 0 saturated carbocycles. The van der Waals surface area contributed by atoms with Crippen molar-refractivity contribution in [3.63, 3.8) is 0 Å². The molecule has 0 aliphatic heterocycles. The molecule has 9 aromatic rings. The highest BCUT2D eigenvalue weighted by Gasteiger charge is 2.20. The molecule has 0 unspecified atom stereocenters. The maximum absolute atomic E-state index is 5.17. The van der Waals surface area contributed by atoms with E-state index in [1.807, 2.05) is 124 Å². The van der Waals surface area contributed by atoms with Crippen molar-refractivity contribution in [1.82, 2.24) is 39.2 Å². The topological polar surface area (TPSA) is 86.2 Å². The molecule has 8 nitrogen and oxygen atoms in total. The third-order valence-electron chi connectivity index (χ3n) is 7.94. The summed E-state index contributed by atoms with van der Waals surface area (Å²) in [7, 11) is 0. The summed E-state index contributed by atoms with van der Waals surface area (Å²) in [6, 6.07) is 44.6. The van der Waals surface area contributed by atoms with E-state index in [2.05, 4.69) is 38.6 Å². The van der Waals surface area contributed by atoms with E-state index in [-0.39, 0.29) is 0 Å². The van der Waals surface area contributed by atoms with Crippen LogP contribution in [0.2, 0.25) is 0 Å². The maximum Gasteiger partial charge on any atom is 0.172 e. The zero-order chi connectivity index (χ0) is 29.0. The van der Waals surface area contributed by atoms with Gasteiger partial charge in [-0.25, -0.2) is 9.97 Å². The summed E-state index contributed by atoms with van der Waals surface area (Å²) in [5.41, 5.74) is 6.96. The lowest BCUT2D eigenvalue weighted by Gasteiger charge is -2.13. The van der Waals surface area contributed by atoms with E-state index in [9.17, 15) is 0 Å². The number of benzene rings is 5. The lowest BCUT2D eigenvalue weighted by atomic mass is 10.1. The molecular formula is C36H22N8. The third-order valence-corrected chi connectivity index (χ3v) is 7.94. The summed E-state index contributed by atoms with van der Waals surface area (Å²) in [4.78, 5) is 10.3. The van der Waals surface area contributed by atoms with E-state index in [0.29, 0.717) is 0 Å². The molecule has 0 fully saturated rings. The van der Waals surface area contributed by atoms with Gasteiger partial charge in [0.2, 0.25) is 0 Å². The molecule has 8 heteroatoms. The predicted molar refractivity (Wildman–Crippen MR) is 172 cm³/mol. The van der Waals surface area contributed by atoms with Gasteiger partial charge in [-0.15, -0.1) is 20.4 Å². The summed E-state index contributed by atoms with van der Waals surface area (Å²) < 4.78 is 4.10. The van der Waals surface area contributed by atoms with Gasteiger partial charge < -0.3 is 0 Å². The van der Waals surface area contributed by atoms with Crippen LogP contribution >= 0.6 is 0 Å². The Morgan fingerprint density at radius 1 is 0.341 bits per heavy atom. The Hall–Kier alpha value is -6.28. The molecular weight excluding hydrogens is 544 g/mol. The van der Waals surface area contributed by atoms with Crippen LogP contribution in [0.5, 0.6) is 0 Å². The summed E-state index contributed by atoms with van der Waals surface area (Å²) in [6.45, 7) is 0. The number of hydrogen-bond donors (Lipinski definition) is 0. The zero-order valence-electron chi connectivity index (χ0n) is 23.3. The van der Waals surface area contributed by atoms with Gasteiger partial charge in [-0.2, -0.15) is 0 Å². The standard InChI is InChI=1S/C36H22N8/c1-3-12-23(13-4-1)33-39-41-35-27-18-7-9-20-29(27)37-31(43(33)35)25-16-11-17-26(22-25)32-38-30-21-10-8-19-28(30)36-42-40-34(44(32)36)24-14-5-2-6-15-24/h1-22H. The van der Waals surface area contributed by atoms with Crippen molar-refractivity contribution in [2.24, 2.45) is 0 Å². The van der Waals surface area contributed by atoms with Crippen molar-refractivity contribution >= 4 is 33.1 Å². The van der Waals surface area contributed by atoms with Crippen molar-refractivity contribution < 1.29 is 0 Å². The first kappa shape index (κ1) is 24.3. The highest BCUT2D eigenvalue weighted by atomic mass is 15.3. The SMILES string of the molecule is c1ccc(-c2nnc3c4ccccc4nc(-c4cccc(-c5nc6ccccc6c6nnc(-c7ccccc7)n56)c4)n23)cc1. The fraction of sp³-hybridized carbons (Fsp3) is 0. The Morgan fingerprint density at radius 2 is 0.750 bits per heavy atom. The highest BCUT2D eigenvalue weighted by molar-refractivity contribution is 5.95. The summed E-state index contributed by atoms with van der Waals surface area (Å²) in [6.07, 6.45) is 0. The normalized spacial score (nSPS) is 11.6.